The fourth-order valence-electron chi connectivity index (χ4n) is 5.16. The topological polar surface area (TPSA) is 49.6 Å². The second-order valence-corrected chi connectivity index (χ2v) is 8.80. The van der Waals surface area contributed by atoms with Crippen LogP contribution in [-0.2, 0) is 11.2 Å². The van der Waals surface area contributed by atoms with Crippen molar-refractivity contribution in [3.63, 3.8) is 0 Å². The summed E-state index contributed by atoms with van der Waals surface area (Å²) >= 11 is 0. The highest BCUT2D eigenvalue weighted by molar-refractivity contribution is 5.79. The molecule has 2 atom stereocenters. The van der Waals surface area contributed by atoms with E-state index < -0.39 is 0 Å². The first-order valence-electron chi connectivity index (χ1n) is 10.0. The van der Waals surface area contributed by atoms with Gasteiger partial charge in [0.15, 0.2) is 0 Å². The van der Waals surface area contributed by atoms with Crippen molar-refractivity contribution in [1.29, 1.82) is 0 Å². The number of amides is 1. The SMILES string of the molecule is Cc1noc(C)c1CC(=O)N1CC[C@H]2[C@@H](C1)CC(C)(C)N2c1cccc(F)c1. The summed E-state index contributed by atoms with van der Waals surface area (Å²) in [5.74, 6) is 1.04. The second-order valence-electron chi connectivity index (χ2n) is 8.80. The Bertz CT molecular complexity index is 872. The normalized spacial score (nSPS) is 23.8. The minimum absolute atomic E-state index is 0.0656. The van der Waals surface area contributed by atoms with Gasteiger partial charge in [-0.1, -0.05) is 11.2 Å². The molecule has 1 aromatic carbocycles. The van der Waals surface area contributed by atoms with E-state index in [9.17, 15) is 9.18 Å². The summed E-state index contributed by atoms with van der Waals surface area (Å²) in [6, 6.07) is 7.21. The number of benzene rings is 1. The van der Waals surface area contributed by atoms with Crippen molar-refractivity contribution in [2.45, 2.75) is 58.5 Å². The maximum atomic E-state index is 13.8. The van der Waals surface area contributed by atoms with Gasteiger partial charge in [0.1, 0.15) is 11.6 Å². The first-order valence-corrected chi connectivity index (χ1v) is 10.0. The Morgan fingerprint density at radius 3 is 2.82 bits per heavy atom. The Hall–Kier alpha value is -2.37. The molecule has 6 heteroatoms. The van der Waals surface area contributed by atoms with E-state index in [1.165, 1.54) is 6.07 Å². The number of hydrogen-bond donors (Lipinski definition) is 0. The highest BCUT2D eigenvalue weighted by Crippen LogP contribution is 2.44. The predicted octanol–water partition coefficient (Wildman–Crippen LogP) is 3.88. The number of aryl methyl sites for hydroxylation is 2. The standard InChI is InChI=1S/C22H28FN3O2/c1-14-19(15(2)28-24-14)11-21(27)25-9-8-20-16(13-25)12-22(3,4)26(20)18-7-5-6-17(23)10-18/h5-7,10,16,20H,8-9,11-13H2,1-4H3/t16-,20+/m1/s1. The summed E-state index contributed by atoms with van der Waals surface area (Å²) in [7, 11) is 0. The van der Waals surface area contributed by atoms with E-state index in [1.807, 2.05) is 24.8 Å². The summed E-state index contributed by atoms with van der Waals surface area (Å²) in [5.41, 5.74) is 2.57. The average molecular weight is 385 g/mol. The van der Waals surface area contributed by atoms with Gasteiger partial charge in [-0.15, -0.1) is 0 Å². The zero-order chi connectivity index (χ0) is 20.1. The summed E-state index contributed by atoms with van der Waals surface area (Å²) < 4.78 is 19.0. The minimum atomic E-state index is -0.205. The van der Waals surface area contributed by atoms with Crippen molar-refractivity contribution in [2.75, 3.05) is 18.0 Å². The van der Waals surface area contributed by atoms with Crippen LogP contribution in [0.5, 0.6) is 0 Å². The fourth-order valence-corrected chi connectivity index (χ4v) is 5.16. The van der Waals surface area contributed by atoms with Gasteiger partial charge < -0.3 is 14.3 Å². The molecule has 150 valence electrons. The lowest BCUT2D eigenvalue weighted by Gasteiger charge is -2.42. The van der Waals surface area contributed by atoms with Gasteiger partial charge >= 0.3 is 0 Å². The zero-order valence-electron chi connectivity index (χ0n) is 17.0. The molecular weight excluding hydrogens is 357 g/mol. The molecule has 1 amide bonds. The number of likely N-dealkylation sites (tertiary alicyclic amines) is 1. The van der Waals surface area contributed by atoms with E-state index >= 15 is 0 Å². The number of carbonyl (C=O) groups excluding carboxylic acids is 1. The Morgan fingerprint density at radius 2 is 2.14 bits per heavy atom. The average Bonchev–Trinajstić information content (AvgIpc) is 3.09. The van der Waals surface area contributed by atoms with Crippen LogP contribution < -0.4 is 4.90 Å². The van der Waals surface area contributed by atoms with Crippen LogP contribution in [0.15, 0.2) is 28.8 Å². The number of nitrogens with zero attached hydrogens (tertiary/aromatic N) is 3. The number of fused-ring (bicyclic) bond motifs is 1. The number of piperidine rings is 1. The molecule has 1 aromatic heterocycles. The molecule has 0 spiro atoms. The summed E-state index contributed by atoms with van der Waals surface area (Å²) in [6.45, 7) is 9.64. The third-order valence-corrected chi connectivity index (χ3v) is 6.39. The van der Waals surface area contributed by atoms with E-state index in [0.29, 0.717) is 18.4 Å². The van der Waals surface area contributed by atoms with Gasteiger partial charge in [0.25, 0.3) is 0 Å². The van der Waals surface area contributed by atoms with Crippen LogP contribution in [0.1, 0.15) is 43.7 Å². The van der Waals surface area contributed by atoms with Gasteiger partial charge in [0.05, 0.1) is 12.1 Å². The predicted molar refractivity (Wildman–Crippen MR) is 106 cm³/mol. The lowest BCUT2D eigenvalue weighted by molar-refractivity contribution is -0.132. The van der Waals surface area contributed by atoms with Crippen LogP contribution >= 0.6 is 0 Å². The van der Waals surface area contributed by atoms with Crippen LogP contribution in [0.3, 0.4) is 0 Å². The molecule has 0 radical (unpaired) electrons. The molecule has 0 bridgehead atoms. The Kier molecular flexibility index (Phi) is 4.68. The molecule has 2 saturated heterocycles. The summed E-state index contributed by atoms with van der Waals surface area (Å²) in [5, 5.41) is 3.95. The second kappa shape index (κ2) is 6.90. The Morgan fingerprint density at radius 1 is 1.36 bits per heavy atom. The van der Waals surface area contributed by atoms with Gasteiger partial charge in [-0.05, 0) is 64.7 Å². The van der Waals surface area contributed by atoms with Crippen molar-refractivity contribution in [1.82, 2.24) is 10.1 Å². The molecule has 5 nitrogen and oxygen atoms in total. The van der Waals surface area contributed by atoms with Gasteiger partial charge in [-0.25, -0.2) is 4.39 Å². The van der Waals surface area contributed by atoms with E-state index in [0.717, 1.165) is 48.6 Å². The zero-order valence-corrected chi connectivity index (χ0v) is 17.0. The molecule has 0 unspecified atom stereocenters. The Labute approximate surface area is 165 Å². The molecule has 28 heavy (non-hydrogen) atoms. The first kappa shape index (κ1) is 19.0. The number of anilines is 1. The van der Waals surface area contributed by atoms with E-state index in [1.54, 1.807) is 12.1 Å². The molecule has 2 fully saturated rings. The van der Waals surface area contributed by atoms with Crippen molar-refractivity contribution in [3.8, 4) is 0 Å². The molecule has 3 heterocycles. The number of carbonyl (C=O) groups is 1. The van der Waals surface area contributed by atoms with Crippen LogP contribution in [-0.4, -0.2) is 40.6 Å². The lowest BCUT2D eigenvalue weighted by atomic mass is 9.89. The van der Waals surface area contributed by atoms with Crippen LogP contribution in [0.4, 0.5) is 10.1 Å². The molecule has 0 N–H and O–H groups in total. The number of halogens is 1. The monoisotopic (exact) mass is 385 g/mol. The van der Waals surface area contributed by atoms with Gasteiger partial charge in [0.2, 0.25) is 5.91 Å². The molecule has 2 aliphatic rings. The summed E-state index contributed by atoms with van der Waals surface area (Å²) in [6.07, 6.45) is 2.23. The van der Waals surface area contributed by atoms with Crippen LogP contribution in [0.25, 0.3) is 0 Å². The van der Waals surface area contributed by atoms with Crippen molar-refractivity contribution < 1.29 is 13.7 Å². The molecule has 0 saturated carbocycles. The molecule has 0 aliphatic carbocycles. The van der Waals surface area contributed by atoms with E-state index in [-0.39, 0.29) is 17.3 Å². The number of rotatable bonds is 3. The Balaban J connectivity index is 1.50. The maximum Gasteiger partial charge on any atom is 0.227 e. The van der Waals surface area contributed by atoms with Crippen molar-refractivity contribution >= 4 is 11.6 Å². The van der Waals surface area contributed by atoms with Crippen LogP contribution in [0, 0.1) is 25.6 Å². The quantitative estimate of drug-likeness (QED) is 0.805. The first-order chi connectivity index (χ1) is 13.3. The lowest BCUT2D eigenvalue weighted by Crippen LogP contribution is -2.50. The highest BCUT2D eigenvalue weighted by atomic mass is 19.1. The van der Waals surface area contributed by atoms with E-state index in [2.05, 4.69) is 23.9 Å². The van der Waals surface area contributed by atoms with E-state index in [4.69, 9.17) is 4.52 Å². The highest BCUT2D eigenvalue weighted by Gasteiger charge is 2.48. The minimum Gasteiger partial charge on any atom is -0.363 e. The largest absolute Gasteiger partial charge is 0.363 e. The number of aromatic nitrogens is 1. The van der Waals surface area contributed by atoms with Gasteiger partial charge in [-0.3, -0.25) is 4.79 Å². The van der Waals surface area contributed by atoms with Crippen molar-refractivity contribution in [3.05, 3.63) is 47.1 Å². The molecular formula is C22H28FN3O2. The van der Waals surface area contributed by atoms with Crippen LogP contribution in [0.2, 0.25) is 0 Å². The molecule has 2 aliphatic heterocycles. The van der Waals surface area contributed by atoms with Gasteiger partial charge in [0, 0.05) is 35.9 Å². The third kappa shape index (κ3) is 3.29. The third-order valence-electron chi connectivity index (χ3n) is 6.39. The number of hydrogen-bond acceptors (Lipinski definition) is 4. The maximum absolute atomic E-state index is 13.8. The fraction of sp³-hybridized carbons (Fsp3) is 0.545. The summed E-state index contributed by atoms with van der Waals surface area (Å²) in [4.78, 5) is 17.3. The van der Waals surface area contributed by atoms with Crippen molar-refractivity contribution in [2.24, 2.45) is 5.92 Å². The molecule has 4 rings (SSSR count). The van der Waals surface area contributed by atoms with Gasteiger partial charge in [-0.2, -0.15) is 0 Å². The molecule has 2 aromatic rings. The smallest absolute Gasteiger partial charge is 0.227 e.